The number of carbonyl (C=O) groups excluding carboxylic acids is 2. The number of rotatable bonds is 3. The van der Waals surface area contributed by atoms with Crippen molar-refractivity contribution in [1.82, 2.24) is 4.90 Å². The lowest BCUT2D eigenvalue weighted by Crippen LogP contribution is -2.53. The maximum absolute atomic E-state index is 12.8. The predicted molar refractivity (Wildman–Crippen MR) is 75.2 cm³/mol. The number of fused-ring (bicyclic) bond motifs is 1. The lowest BCUT2D eigenvalue weighted by Gasteiger charge is -2.35. The zero-order valence-electron chi connectivity index (χ0n) is 12.2. The number of nitrogens with zero attached hydrogens (tertiary/aromatic N) is 1. The van der Waals surface area contributed by atoms with Crippen LogP contribution in [-0.4, -0.2) is 35.0 Å². The van der Waals surface area contributed by atoms with Crippen LogP contribution >= 0.6 is 0 Å². The van der Waals surface area contributed by atoms with Gasteiger partial charge >= 0.3 is 0 Å². The number of ether oxygens (including phenoxy) is 1. The van der Waals surface area contributed by atoms with Gasteiger partial charge in [-0.05, 0) is 5.56 Å². The van der Waals surface area contributed by atoms with Gasteiger partial charge in [0.2, 0.25) is 5.91 Å². The normalized spacial score (nSPS) is 38.6. The van der Waals surface area contributed by atoms with Gasteiger partial charge in [-0.25, -0.2) is 0 Å². The molecule has 2 fully saturated rings. The van der Waals surface area contributed by atoms with Crippen molar-refractivity contribution in [3.05, 3.63) is 48.0 Å². The number of likely N-dealkylation sites (tertiary alicyclic amines) is 1. The van der Waals surface area contributed by atoms with Gasteiger partial charge in [0.05, 0.1) is 30.0 Å². The van der Waals surface area contributed by atoms with Gasteiger partial charge in [0.1, 0.15) is 5.60 Å². The third kappa shape index (κ3) is 1.52. The molecule has 5 nitrogen and oxygen atoms in total. The molecule has 4 rings (SSSR count). The topological polar surface area (TPSA) is 69.7 Å². The van der Waals surface area contributed by atoms with E-state index in [2.05, 4.69) is 0 Å². The average Bonchev–Trinajstić information content (AvgIpc) is 3.10. The minimum absolute atomic E-state index is 0.164. The molecule has 3 aliphatic rings. The Bertz CT molecular complexity index is 685. The molecule has 0 N–H and O–H groups in total. The highest BCUT2D eigenvalue weighted by atomic mass is 16.5. The zero-order chi connectivity index (χ0) is 15.5. The van der Waals surface area contributed by atoms with Crippen LogP contribution in [0.25, 0.3) is 0 Å². The van der Waals surface area contributed by atoms with Crippen LogP contribution in [0, 0.1) is 11.3 Å². The summed E-state index contributed by atoms with van der Waals surface area (Å²) in [6, 6.07) is 9.66. The lowest BCUT2D eigenvalue weighted by atomic mass is 9.66. The first kappa shape index (κ1) is 13.5. The molecule has 1 aromatic carbocycles. The summed E-state index contributed by atoms with van der Waals surface area (Å²) in [4.78, 5) is 26.2. The molecule has 5 heteroatoms. The fourth-order valence-electron chi connectivity index (χ4n) is 4.10. The van der Waals surface area contributed by atoms with Gasteiger partial charge in [-0.3, -0.25) is 4.79 Å². The van der Waals surface area contributed by atoms with Crippen LogP contribution in [0.15, 0.2) is 42.5 Å². The molecule has 1 spiro atoms. The molecule has 22 heavy (non-hydrogen) atoms. The number of aliphatic carboxylic acids is 1. The van der Waals surface area contributed by atoms with Gasteiger partial charge in [-0.2, -0.15) is 0 Å². The Kier molecular flexibility index (Phi) is 2.58. The summed E-state index contributed by atoms with van der Waals surface area (Å²) in [5.41, 5.74) is -1.09. The van der Waals surface area contributed by atoms with E-state index in [0.29, 0.717) is 13.1 Å². The van der Waals surface area contributed by atoms with E-state index in [-0.39, 0.29) is 5.91 Å². The summed E-state index contributed by atoms with van der Waals surface area (Å²) in [6.07, 6.45) is 3.03. The minimum Gasteiger partial charge on any atom is -0.549 e. The molecular weight excluding hydrogens is 282 g/mol. The zero-order valence-corrected chi connectivity index (χ0v) is 12.2. The summed E-state index contributed by atoms with van der Waals surface area (Å²) in [5.74, 6) is -2.09. The van der Waals surface area contributed by atoms with Crippen LogP contribution in [0.5, 0.6) is 0 Å². The molecule has 0 radical (unpaired) electrons. The van der Waals surface area contributed by atoms with E-state index in [4.69, 9.17) is 4.74 Å². The Hall–Kier alpha value is -2.14. The SMILES string of the molecule is C[C@@]1(C(=O)[O-])[C@H]2C(=O)N(Cc3ccccc3)C[C@]23C=C[C@H]1O3. The fourth-order valence-corrected chi connectivity index (χ4v) is 4.10. The molecule has 2 saturated heterocycles. The first-order valence-electron chi connectivity index (χ1n) is 7.39. The van der Waals surface area contributed by atoms with E-state index < -0.39 is 29.0 Å². The van der Waals surface area contributed by atoms with Gasteiger partial charge < -0.3 is 19.5 Å². The lowest BCUT2D eigenvalue weighted by molar-refractivity contribution is -0.321. The Morgan fingerprint density at radius 3 is 2.82 bits per heavy atom. The van der Waals surface area contributed by atoms with Gasteiger partial charge in [-0.1, -0.05) is 49.4 Å². The van der Waals surface area contributed by atoms with Crippen LogP contribution in [0.3, 0.4) is 0 Å². The van der Waals surface area contributed by atoms with Crippen LogP contribution in [-0.2, 0) is 20.9 Å². The number of carboxylic acids is 1. The smallest absolute Gasteiger partial charge is 0.230 e. The largest absolute Gasteiger partial charge is 0.549 e. The second kappa shape index (κ2) is 4.20. The quantitative estimate of drug-likeness (QED) is 0.743. The number of hydrogen-bond donors (Lipinski definition) is 0. The van der Waals surface area contributed by atoms with Crippen molar-refractivity contribution in [2.24, 2.45) is 11.3 Å². The average molecular weight is 298 g/mol. The molecular formula is C17H16NO4-. The molecule has 1 amide bonds. The molecule has 0 saturated carbocycles. The molecule has 4 atom stereocenters. The third-order valence-corrected chi connectivity index (χ3v) is 5.23. The number of carboxylic acid groups (broad SMARTS) is 1. The van der Waals surface area contributed by atoms with Crippen molar-refractivity contribution in [2.75, 3.05) is 6.54 Å². The van der Waals surface area contributed by atoms with Crippen molar-refractivity contribution in [3.63, 3.8) is 0 Å². The number of amides is 1. The van der Waals surface area contributed by atoms with Gasteiger partial charge in [0, 0.05) is 6.54 Å². The Labute approximate surface area is 128 Å². The third-order valence-electron chi connectivity index (χ3n) is 5.23. The number of carbonyl (C=O) groups is 2. The maximum atomic E-state index is 12.8. The standard InChI is InChI=1S/C17H17NO4/c1-16(15(20)21)12-7-8-17(22-12)10-18(14(19)13(16)17)9-11-5-3-2-4-6-11/h2-8,12-13H,9-10H2,1H3,(H,20,21)/p-1/t12-,13-,16+,17-/m1/s1. The number of benzene rings is 1. The Balaban J connectivity index is 1.68. The first-order chi connectivity index (χ1) is 10.5. The van der Waals surface area contributed by atoms with Gasteiger partial charge in [-0.15, -0.1) is 0 Å². The van der Waals surface area contributed by atoms with E-state index in [1.807, 2.05) is 36.4 Å². The number of hydrogen-bond acceptors (Lipinski definition) is 4. The molecule has 2 bridgehead atoms. The fraction of sp³-hybridized carbons (Fsp3) is 0.412. The van der Waals surface area contributed by atoms with Crippen molar-refractivity contribution >= 4 is 11.9 Å². The van der Waals surface area contributed by atoms with Crippen LogP contribution in [0.1, 0.15) is 12.5 Å². The van der Waals surface area contributed by atoms with Crippen molar-refractivity contribution in [1.29, 1.82) is 0 Å². The van der Waals surface area contributed by atoms with E-state index in [0.717, 1.165) is 5.56 Å². The van der Waals surface area contributed by atoms with Gasteiger partial charge in [0.15, 0.2) is 0 Å². The second-order valence-electron chi connectivity index (χ2n) is 6.54. The van der Waals surface area contributed by atoms with E-state index >= 15 is 0 Å². The van der Waals surface area contributed by atoms with E-state index in [9.17, 15) is 14.7 Å². The summed E-state index contributed by atoms with van der Waals surface area (Å²) in [5, 5.41) is 11.7. The highest BCUT2D eigenvalue weighted by molar-refractivity contribution is 5.92. The van der Waals surface area contributed by atoms with E-state index in [1.54, 1.807) is 17.9 Å². The van der Waals surface area contributed by atoms with Crippen LogP contribution in [0.4, 0.5) is 0 Å². The van der Waals surface area contributed by atoms with Gasteiger partial charge in [0.25, 0.3) is 0 Å². The minimum atomic E-state index is -1.29. The summed E-state index contributed by atoms with van der Waals surface area (Å²) in [6.45, 7) is 2.41. The van der Waals surface area contributed by atoms with Crippen LogP contribution in [0.2, 0.25) is 0 Å². The summed E-state index contributed by atoms with van der Waals surface area (Å²) in [7, 11) is 0. The van der Waals surface area contributed by atoms with E-state index in [1.165, 1.54) is 0 Å². The predicted octanol–water partition coefficient (Wildman–Crippen LogP) is 0.109. The first-order valence-corrected chi connectivity index (χ1v) is 7.39. The molecule has 3 aliphatic heterocycles. The highest BCUT2D eigenvalue weighted by Crippen LogP contribution is 2.58. The molecule has 0 unspecified atom stereocenters. The molecule has 1 aromatic rings. The molecule has 0 aliphatic carbocycles. The highest BCUT2D eigenvalue weighted by Gasteiger charge is 2.70. The van der Waals surface area contributed by atoms with Crippen molar-refractivity contribution in [2.45, 2.75) is 25.2 Å². The Morgan fingerprint density at radius 2 is 2.14 bits per heavy atom. The van der Waals surface area contributed by atoms with Crippen molar-refractivity contribution < 1.29 is 19.4 Å². The van der Waals surface area contributed by atoms with Crippen LogP contribution < -0.4 is 5.11 Å². The van der Waals surface area contributed by atoms with Crippen molar-refractivity contribution in [3.8, 4) is 0 Å². The molecule has 114 valence electrons. The monoisotopic (exact) mass is 298 g/mol. The summed E-state index contributed by atoms with van der Waals surface area (Å²) >= 11 is 0. The molecule has 0 aromatic heterocycles. The maximum Gasteiger partial charge on any atom is 0.230 e. The molecule has 3 heterocycles. The Morgan fingerprint density at radius 1 is 1.41 bits per heavy atom. The summed E-state index contributed by atoms with van der Waals surface area (Å²) < 4.78 is 5.90. The second-order valence-corrected chi connectivity index (χ2v) is 6.54.